The molecule has 29 heavy (non-hydrogen) atoms. The highest BCUT2D eigenvalue weighted by atomic mass is 127. The number of rotatable bonds is 3. The Morgan fingerprint density at radius 1 is 1.24 bits per heavy atom. The summed E-state index contributed by atoms with van der Waals surface area (Å²) in [6, 6.07) is 7.79. The van der Waals surface area contributed by atoms with Crippen LogP contribution in [0.25, 0.3) is 11.0 Å². The Morgan fingerprint density at radius 3 is 2.62 bits per heavy atom. The molecule has 148 valence electrons. The fourth-order valence-corrected chi connectivity index (χ4v) is 4.02. The lowest BCUT2D eigenvalue weighted by atomic mass is 10.0. The monoisotopic (exact) mass is 500 g/mol. The zero-order valence-corrected chi connectivity index (χ0v) is 18.9. The Kier molecular flexibility index (Phi) is 4.99. The number of amides is 1. The molecule has 7 heteroatoms. The van der Waals surface area contributed by atoms with Crippen molar-refractivity contribution in [3.8, 4) is 11.8 Å². The number of hydrogen-bond donors (Lipinski definition) is 0. The van der Waals surface area contributed by atoms with E-state index in [2.05, 4.69) is 45.5 Å². The fourth-order valence-electron chi connectivity index (χ4n) is 3.53. The number of halogens is 1. The van der Waals surface area contributed by atoms with E-state index >= 15 is 0 Å². The van der Waals surface area contributed by atoms with Crippen LogP contribution in [0.15, 0.2) is 29.1 Å². The van der Waals surface area contributed by atoms with Gasteiger partial charge < -0.3 is 0 Å². The molecule has 0 spiro atoms. The van der Waals surface area contributed by atoms with E-state index in [0.29, 0.717) is 17.3 Å². The molecule has 4 rings (SSSR count). The van der Waals surface area contributed by atoms with Crippen molar-refractivity contribution in [3.63, 3.8) is 0 Å². The van der Waals surface area contributed by atoms with E-state index in [1.165, 1.54) is 8.25 Å². The number of aryl methyl sites for hydroxylation is 2. The highest BCUT2D eigenvalue weighted by Crippen LogP contribution is 2.46. The predicted molar refractivity (Wildman–Crippen MR) is 122 cm³/mol. The van der Waals surface area contributed by atoms with Crippen molar-refractivity contribution in [2.75, 3.05) is 4.90 Å². The minimum Gasteiger partial charge on any atom is -0.284 e. The number of hydrogen-bond acceptors (Lipinski definition) is 3. The summed E-state index contributed by atoms with van der Waals surface area (Å²) >= 11 is 2.33. The highest BCUT2D eigenvalue weighted by Gasteiger charge is 2.31. The molecule has 2 aromatic heterocycles. The maximum absolute atomic E-state index is 13.1. The summed E-state index contributed by atoms with van der Waals surface area (Å²) < 4.78 is 4.42. The quantitative estimate of drug-likeness (QED) is 0.407. The van der Waals surface area contributed by atoms with E-state index in [1.54, 1.807) is 29.6 Å². The Morgan fingerprint density at radius 2 is 1.97 bits per heavy atom. The van der Waals surface area contributed by atoms with Crippen molar-refractivity contribution in [1.82, 2.24) is 14.3 Å². The first-order valence-corrected chi connectivity index (χ1v) is 10.5. The Labute approximate surface area is 182 Å². The molecule has 0 radical (unpaired) electrons. The lowest BCUT2D eigenvalue weighted by Gasteiger charge is -2.23. The number of anilines is 2. The van der Waals surface area contributed by atoms with Gasteiger partial charge in [0, 0.05) is 17.7 Å². The summed E-state index contributed by atoms with van der Waals surface area (Å²) in [7, 11) is 3.51. The average molecular weight is 500 g/mol. The van der Waals surface area contributed by atoms with Crippen molar-refractivity contribution >= 4 is 51.0 Å². The van der Waals surface area contributed by atoms with Crippen LogP contribution < -0.4 is 10.5 Å². The zero-order valence-electron chi connectivity index (χ0n) is 16.8. The van der Waals surface area contributed by atoms with Crippen LogP contribution in [0.2, 0.25) is 0 Å². The van der Waals surface area contributed by atoms with E-state index in [9.17, 15) is 9.59 Å². The summed E-state index contributed by atoms with van der Waals surface area (Å²) in [5.74, 6) is 5.85. The molecule has 3 aromatic rings. The van der Waals surface area contributed by atoms with E-state index in [4.69, 9.17) is 0 Å². The number of pyridine rings is 1. The van der Waals surface area contributed by atoms with E-state index in [-0.39, 0.29) is 11.5 Å². The second-order valence-corrected chi connectivity index (χ2v) is 8.50. The Hall–Kier alpha value is -2.60. The van der Waals surface area contributed by atoms with Crippen LogP contribution in [0.5, 0.6) is 0 Å². The van der Waals surface area contributed by atoms with Gasteiger partial charge in [-0.3, -0.25) is 23.9 Å². The van der Waals surface area contributed by atoms with E-state index in [0.717, 1.165) is 35.2 Å². The van der Waals surface area contributed by atoms with Crippen molar-refractivity contribution in [2.45, 2.75) is 32.6 Å². The maximum Gasteiger partial charge on any atom is 0.308 e. The molecule has 1 aliphatic carbocycles. The fraction of sp³-hybridized carbons (Fsp3) is 0.318. The average Bonchev–Trinajstić information content (AvgIpc) is 3.51. The third kappa shape index (κ3) is 3.35. The highest BCUT2D eigenvalue weighted by molar-refractivity contribution is 14.1. The molecule has 0 N–H and O–H groups in total. The molecular formula is C22H21IN4O2. The Balaban J connectivity index is 1.97. The normalized spacial score (nSPS) is 13.3. The van der Waals surface area contributed by atoms with Crippen LogP contribution in [0, 0.1) is 22.3 Å². The van der Waals surface area contributed by atoms with Crippen molar-refractivity contribution in [2.24, 2.45) is 14.1 Å². The van der Waals surface area contributed by atoms with Gasteiger partial charge in [0.2, 0.25) is 0 Å². The van der Waals surface area contributed by atoms with Crippen LogP contribution in [0.3, 0.4) is 0 Å². The molecule has 0 aliphatic heterocycles. The van der Waals surface area contributed by atoms with Crippen molar-refractivity contribution < 1.29 is 4.79 Å². The smallest absolute Gasteiger partial charge is 0.284 e. The summed E-state index contributed by atoms with van der Waals surface area (Å²) in [5.41, 5.74) is 3.89. The van der Waals surface area contributed by atoms with Crippen LogP contribution >= 0.6 is 22.6 Å². The standard InChI is InChI=1S/C22H21IN4O2/c1-5-6-20(28)27(18-11-13(2)16(23)12-15(18)14-7-8-14)19-10-9-17-21(24-19)22(29)26(4)25(17)3/h9-12,14H,7-8H2,1-4H3. The SMILES string of the molecule is CC#CC(=O)N(c1ccc2c(n1)c(=O)n(C)n2C)c1cc(C)c(I)cc1C1CC1. The van der Waals surface area contributed by atoms with Gasteiger partial charge in [-0.15, -0.1) is 0 Å². The van der Waals surface area contributed by atoms with E-state index < -0.39 is 0 Å². The summed E-state index contributed by atoms with van der Waals surface area (Å²) in [6.07, 6.45) is 2.22. The van der Waals surface area contributed by atoms with Crippen molar-refractivity contribution in [1.29, 1.82) is 0 Å². The van der Waals surface area contributed by atoms with Gasteiger partial charge in [-0.2, -0.15) is 0 Å². The molecule has 1 aliphatic rings. The molecule has 1 saturated carbocycles. The number of aromatic nitrogens is 3. The van der Waals surface area contributed by atoms with Crippen LogP contribution in [0.4, 0.5) is 11.5 Å². The number of nitrogens with zero attached hydrogens (tertiary/aromatic N) is 4. The molecule has 1 aromatic carbocycles. The van der Waals surface area contributed by atoms with Gasteiger partial charge in [0.15, 0.2) is 5.52 Å². The first-order chi connectivity index (χ1) is 13.8. The third-order valence-corrected chi connectivity index (χ3v) is 6.55. The minimum atomic E-state index is -0.352. The Bertz CT molecular complexity index is 1270. The molecule has 0 atom stereocenters. The van der Waals surface area contributed by atoms with Gasteiger partial charge in [-0.05, 0) is 96.5 Å². The van der Waals surface area contributed by atoms with E-state index in [1.807, 2.05) is 26.1 Å². The molecule has 0 saturated heterocycles. The second kappa shape index (κ2) is 7.34. The van der Waals surface area contributed by atoms with Gasteiger partial charge in [0.25, 0.3) is 5.56 Å². The number of benzene rings is 1. The lowest BCUT2D eigenvalue weighted by molar-refractivity contribution is -0.112. The molecule has 1 amide bonds. The van der Waals surface area contributed by atoms with Gasteiger partial charge >= 0.3 is 5.91 Å². The first-order valence-electron chi connectivity index (χ1n) is 9.43. The summed E-state index contributed by atoms with van der Waals surface area (Å²) in [4.78, 5) is 31.8. The maximum atomic E-state index is 13.1. The molecular weight excluding hydrogens is 479 g/mol. The van der Waals surface area contributed by atoms with Gasteiger partial charge in [0.05, 0.1) is 11.2 Å². The molecule has 2 heterocycles. The van der Waals surface area contributed by atoms with Crippen LogP contribution in [-0.2, 0) is 18.9 Å². The first kappa shape index (κ1) is 19.7. The molecule has 0 bridgehead atoms. The molecule has 0 unspecified atom stereocenters. The number of carbonyl (C=O) groups is 1. The number of carbonyl (C=O) groups excluding carboxylic acids is 1. The van der Waals surface area contributed by atoms with Crippen LogP contribution in [0.1, 0.15) is 36.8 Å². The summed E-state index contributed by atoms with van der Waals surface area (Å²) in [5, 5.41) is 0. The number of fused-ring (bicyclic) bond motifs is 1. The predicted octanol–water partition coefficient (Wildman–Crippen LogP) is 3.75. The zero-order chi connectivity index (χ0) is 20.9. The lowest BCUT2D eigenvalue weighted by Crippen LogP contribution is -2.27. The third-order valence-electron chi connectivity index (χ3n) is 5.38. The minimum absolute atomic E-state index is 0.195. The molecule has 1 fully saturated rings. The van der Waals surface area contributed by atoms with Crippen molar-refractivity contribution in [3.05, 3.63) is 49.3 Å². The second-order valence-electron chi connectivity index (χ2n) is 7.34. The summed E-state index contributed by atoms with van der Waals surface area (Å²) in [6.45, 7) is 3.67. The molecule has 6 nitrogen and oxygen atoms in total. The van der Waals surface area contributed by atoms with Gasteiger partial charge in [-0.1, -0.05) is 5.92 Å². The van der Waals surface area contributed by atoms with Gasteiger partial charge in [0.1, 0.15) is 5.82 Å². The van der Waals surface area contributed by atoms with Crippen LogP contribution in [-0.4, -0.2) is 20.3 Å². The topological polar surface area (TPSA) is 60.1 Å². The van der Waals surface area contributed by atoms with Gasteiger partial charge in [-0.25, -0.2) is 4.98 Å². The largest absolute Gasteiger partial charge is 0.308 e.